The third-order valence-corrected chi connectivity index (χ3v) is 3.20. The summed E-state index contributed by atoms with van der Waals surface area (Å²) in [7, 11) is 0. The van der Waals surface area contributed by atoms with Crippen molar-refractivity contribution in [3.05, 3.63) is 23.6 Å². The Morgan fingerprint density at radius 2 is 2.22 bits per heavy atom. The first kappa shape index (κ1) is 13.3. The number of rotatable bonds is 7. The zero-order chi connectivity index (χ0) is 13.0. The molecule has 2 rings (SSSR count). The van der Waals surface area contributed by atoms with Gasteiger partial charge in [-0.3, -0.25) is 0 Å². The molecule has 0 bridgehead atoms. The van der Waals surface area contributed by atoms with E-state index in [1.54, 1.807) is 6.07 Å². The maximum Gasteiger partial charge on any atom is 0.141 e. The van der Waals surface area contributed by atoms with Crippen molar-refractivity contribution in [1.82, 2.24) is 10.3 Å². The zero-order valence-corrected chi connectivity index (χ0v) is 11.2. The Balaban J connectivity index is 2.22. The molecule has 18 heavy (non-hydrogen) atoms. The van der Waals surface area contributed by atoms with Crippen LogP contribution in [0.1, 0.15) is 38.7 Å². The highest BCUT2D eigenvalue weighted by Crippen LogP contribution is 2.32. The van der Waals surface area contributed by atoms with Crippen molar-refractivity contribution in [2.75, 3.05) is 18.0 Å². The molecule has 0 aromatic carbocycles. The van der Waals surface area contributed by atoms with Gasteiger partial charge in [0.1, 0.15) is 11.6 Å². The summed E-state index contributed by atoms with van der Waals surface area (Å²) in [4.78, 5) is 6.66. The van der Waals surface area contributed by atoms with Crippen LogP contribution in [0.4, 0.5) is 10.2 Å². The molecule has 0 unspecified atom stereocenters. The summed E-state index contributed by atoms with van der Waals surface area (Å²) in [5, 5.41) is 3.26. The summed E-state index contributed by atoms with van der Waals surface area (Å²) in [5.74, 6) is 0.709. The van der Waals surface area contributed by atoms with Gasteiger partial charge >= 0.3 is 0 Å². The van der Waals surface area contributed by atoms with Gasteiger partial charge in [0.2, 0.25) is 0 Å². The van der Waals surface area contributed by atoms with Crippen LogP contribution in [-0.2, 0) is 6.54 Å². The van der Waals surface area contributed by atoms with Crippen LogP contribution in [0.25, 0.3) is 0 Å². The quantitative estimate of drug-likeness (QED) is 0.807. The monoisotopic (exact) mass is 251 g/mol. The van der Waals surface area contributed by atoms with Gasteiger partial charge in [0.05, 0.1) is 6.20 Å². The Labute approximate surface area is 108 Å². The van der Waals surface area contributed by atoms with Crippen molar-refractivity contribution in [3.8, 4) is 0 Å². The topological polar surface area (TPSA) is 28.2 Å². The molecule has 0 saturated heterocycles. The minimum Gasteiger partial charge on any atom is -0.353 e. The van der Waals surface area contributed by atoms with E-state index in [1.165, 1.54) is 19.0 Å². The van der Waals surface area contributed by atoms with Crippen molar-refractivity contribution < 1.29 is 4.39 Å². The third kappa shape index (κ3) is 3.19. The maximum absolute atomic E-state index is 13.3. The van der Waals surface area contributed by atoms with Crippen LogP contribution in [0.5, 0.6) is 0 Å². The number of halogens is 1. The Hall–Kier alpha value is -1.16. The van der Waals surface area contributed by atoms with Gasteiger partial charge in [0, 0.05) is 24.7 Å². The molecule has 1 aromatic rings. The van der Waals surface area contributed by atoms with Gasteiger partial charge in [-0.05, 0) is 31.9 Å². The van der Waals surface area contributed by atoms with Crippen molar-refractivity contribution in [1.29, 1.82) is 0 Å². The van der Waals surface area contributed by atoms with E-state index >= 15 is 0 Å². The lowest BCUT2D eigenvalue weighted by atomic mass is 10.2. The van der Waals surface area contributed by atoms with Gasteiger partial charge in [-0.2, -0.15) is 0 Å². The fourth-order valence-corrected chi connectivity index (χ4v) is 2.21. The second-order valence-electron chi connectivity index (χ2n) is 4.84. The van der Waals surface area contributed by atoms with E-state index in [-0.39, 0.29) is 5.82 Å². The average molecular weight is 251 g/mol. The number of anilines is 1. The van der Waals surface area contributed by atoms with Gasteiger partial charge < -0.3 is 10.2 Å². The zero-order valence-electron chi connectivity index (χ0n) is 11.2. The van der Waals surface area contributed by atoms with E-state index in [9.17, 15) is 4.39 Å². The Morgan fingerprint density at radius 3 is 2.83 bits per heavy atom. The number of nitrogens with one attached hydrogen (secondary N) is 1. The van der Waals surface area contributed by atoms with Gasteiger partial charge in [-0.25, -0.2) is 9.37 Å². The number of pyridine rings is 1. The molecular weight excluding hydrogens is 229 g/mol. The molecule has 1 aromatic heterocycles. The molecular formula is C14H22FN3. The molecule has 100 valence electrons. The summed E-state index contributed by atoms with van der Waals surface area (Å²) >= 11 is 0. The minimum absolute atomic E-state index is 0.251. The van der Waals surface area contributed by atoms with E-state index in [2.05, 4.69) is 29.0 Å². The highest BCUT2D eigenvalue weighted by molar-refractivity contribution is 5.49. The van der Waals surface area contributed by atoms with Crippen molar-refractivity contribution in [2.45, 2.75) is 45.7 Å². The molecule has 0 aliphatic heterocycles. The Bertz CT molecular complexity index is 391. The fourth-order valence-electron chi connectivity index (χ4n) is 2.21. The first-order valence-corrected chi connectivity index (χ1v) is 6.88. The SMILES string of the molecule is CCCN(c1ncc(F)cc1CNCC)C1CC1. The average Bonchev–Trinajstić information content (AvgIpc) is 3.18. The number of hydrogen-bond acceptors (Lipinski definition) is 3. The van der Waals surface area contributed by atoms with Crippen LogP contribution in [0.15, 0.2) is 12.3 Å². The predicted octanol–water partition coefficient (Wildman–Crippen LogP) is 2.71. The molecule has 1 saturated carbocycles. The molecule has 4 heteroatoms. The van der Waals surface area contributed by atoms with Gasteiger partial charge in [-0.1, -0.05) is 13.8 Å². The van der Waals surface area contributed by atoms with Crippen molar-refractivity contribution in [3.63, 3.8) is 0 Å². The first-order valence-electron chi connectivity index (χ1n) is 6.88. The second kappa shape index (κ2) is 6.14. The summed E-state index contributed by atoms with van der Waals surface area (Å²) < 4.78 is 13.3. The van der Waals surface area contributed by atoms with E-state index in [4.69, 9.17) is 0 Å². The molecule has 0 spiro atoms. The molecule has 0 amide bonds. The van der Waals surface area contributed by atoms with E-state index in [1.807, 2.05) is 0 Å². The van der Waals surface area contributed by atoms with Gasteiger partial charge in [0.15, 0.2) is 0 Å². The maximum atomic E-state index is 13.3. The fraction of sp³-hybridized carbons (Fsp3) is 0.643. The smallest absolute Gasteiger partial charge is 0.141 e. The van der Waals surface area contributed by atoms with Crippen LogP contribution in [0.2, 0.25) is 0 Å². The molecule has 0 radical (unpaired) electrons. The van der Waals surface area contributed by atoms with Crippen LogP contribution >= 0.6 is 0 Å². The lowest BCUT2D eigenvalue weighted by Gasteiger charge is -2.25. The number of nitrogens with zero attached hydrogens (tertiary/aromatic N) is 2. The largest absolute Gasteiger partial charge is 0.353 e. The van der Waals surface area contributed by atoms with Crippen molar-refractivity contribution in [2.24, 2.45) is 0 Å². The molecule has 1 N–H and O–H groups in total. The molecule has 1 heterocycles. The van der Waals surface area contributed by atoms with Crippen molar-refractivity contribution >= 4 is 5.82 Å². The normalized spacial score (nSPS) is 14.8. The lowest BCUT2D eigenvalue weighted by molar-refractivity contribution is 0.611. The molecule has 1 aliphatic carbocycles. The minimum atomic E-state index is -0.251. The van der Waals surface area contributed by atoms with Crippen LogP contribution in [0.3, 0.4) is 0 Å². The Morgan fingerprint density at radius 1 is 1.44 bits per heavy atom. The number of hydrogen-bond donors (Lipinski definition) is 1. The van der Waals surface area contributed by atoms with Gasteiger partial charge in [0.25, 0.3) is 0 Å². The third-order valence-electron chi connectivity index (χ3n) is 3.20. The molecule has 1 aliphatic rings. The standard InChI is InChI=1S/C14H22FN3/c1-3-7-18(13-5-6-13)14-11(9-16-4-2)8-12(15)10-17-14/h8,10,13,16H,3-7,9H2,1-2H3. The summed E-state index contributed by atoms with van der Waals surface area (Å²) in [6.45, 7) is 6.79. The van der Waals surface area contributed by atoms with E-state index in [0.29, 0.717) is 12.6 Å². The van der Waals surface area contributed by atoms with E-state index in [0.717, 1.165) is 30.9 Å². The first-order chi connectivity index (χ1) is 8.76. The summed E-state index contributed by atoms with van der Waals surface area (Å²) in [5.41, 5.74) is 0.970. The molecule has 1 fully saturated rings. The highest BCUT2D eigenvalue weighted by Gasteiger charge is 2.30. The van der Waals surface area contributed by atoms with Crippen LogP contribution < -0.4 is 10.2 Å². The van der Waals surface area contributed by atoms with Crippen LogP contribution in [0, 0.1) is 5.82 Å². The van der Waals surface area contributed by atoms with Crippen LogP contribution in [-0.4, -0.2) is 24.1 Å². The summed E-state index contributed by atoms with van der Waals surface area (Å²) in [6.07, 6.45) is 4.89. The second-order valence-corrected chi connectivity index (χ2v) is 4.84. The predicted molar refractivity (Wildman–Crippen MR) is 72.2 cm³/mol. The molecule has 3 nitrogen and oxygen atoms in total. The van der Waals surface area contributed by atoms with Gasteiger partial charge in [-0.15, -0.1) is 0 Å². The molecule has 0 atom stereocenters. The lowest BCUT2D eigenvalue weighted by Crippen LogP contribution is -2.29. The number of aromatic nitrogens is 1. The summed E-state index contributed by atoms with van der Waals surface area (Å²) in [6, 6.07) is 2.22. The highest BCUT2D eigenvalue weighted by atomic mass is 19.1. The van der Waals surface area contributed by atoms with E-state index < -0.39 is 0 Å². The Kier molecular flexibility index (Phi) is 4.53.